The third-order valence-electron chi connectivity index (χ3n) is 3.23. The van der Waals surface area contributed by atoms with Crippen molar-refractivity contribution in [2.24, 2.45) is 0 Å². The van der Waals surface area contributed by atoms with Crippen molar-refractivity contribution < 1.29 is 4.79 Å². The van der Waals surface area contributed by atoms with Gasteiger partial charge in [0.2, 0.25) is 5.91 Å². The molecular formula is C17H21NOS. The number of thiophene rings is 1. The van der Waals surface area contributed by atoms with Gasteiger partial charge in [0.05, 0.1) is 0 Å². The van der Waals surface area contributed by atoms with Crippen LogP contribution in [0.1, 0.15) is 35.3 Å². The van der Waals surface area contributed by atoms with Crippen LogP contribution in [-0.4, -0.2) is 5.91 Å². The molecule has 0 aliphatic carbocycles. The highest BCUT2D eigenvalue weighted by Crippen LogP contribution is 2.12. The number of amides is 1. The van der Waals surface area contributed by atoms with Gasteiger partial charge in [0, 0.05) is 17.8 Å². The fourth-order valence-electron chi connectivity index (χ4n) is 2.15. The third kappa shape index (κ3) is 5.17. The van der Waals surface area contributed by atoms with Crippen LogP contribution in [0.3, 0.4) is 0 Å². The number of unbranched alkanes of at least 4 members (excludes halogenated alkanes) is 1. The highest BCUT2D eigenvalue weighted by atomic mass is 32.1. The molecular weight excluding hydrogens is 266 g/mol. The maximum atomic E-state index is 11.8. The lowest BCUT2D eigenvalue weighted by atomic mass is 10.1. The summed E-state index contributed by atoms with van der Waals surface area (Å²) in [5.41, 5.74) is 2.39. The summed E-state index contributed by atoms with van der Waals surface area (Å²) in [6.07, 6.45) is 3.75. The molecule has 0 aliphatic heterocycles. The number of nitrogens with one attached hydrogen (secondary N) is 1. The van der Waals surface area contributed by atoms with Crippen molar-refractivity contribution in [2.45, 2.75) is 39.2 Å². The van der Waals surface area contributed by atoms with Crippen molar-refractivity contribution in [3.63, 3.8) is 0 Å². The standard InChI is InChI=1S/C17H21NOS/c1-14-6-4-7-15(12-14)13-18-17(19)10-3-2-8-16-9-5-11-20-16/h4-7,9,11-12H,2-3,8,10,13H2,1H3,(H,18,19). The molecule has 0 saturated heterocycles. The molecule has 3 heteroatoms. The Bertz CT molecular complexity index is 534. The average Bonchev–Trinajstić information content (AvgIpc) is 2.95. The zero-order valence-corrected chi connectivity index (χ0v) is 12.7. The fraction of sp³-hybridized carbons (Fsp3) is 0.353. The lowest BCUT2D eigenvalue weighted by Gasteiger charge is -2.06. The second kappa shape index (κ2) is 7.85. The van der Waals surface area contributed by atoms with E-state index in [1.807, 2.05) is 12.1 Å². The van der Waals surface area contributed by atoms with Gasteiger partial charge in [0.1, 0.15) is 0 Å². The predicted octanol–water partition coefficient (Wildman–Crippen LogP) is 4.09. The van der Waals surface area contributed by atoms with Crippen LogP contribution in [0.5, 0.6) is 0 Å². The van der Waals surface area contributed by atoms with Crippen molar-refractivity contribution in [1.82, 2.24) is 5.32 Å². The monoisotopic (exact) mass is 287 g/mol. The van der Waals surface area contributed by atoms with Gasteiger partial charge in [-0.2, -0.15) is 0 Å². The van der Waals surface area contributed by atoms with Crippen molar-refractivity contribution in [3.05, 3.63) is 57.8 Å². The van der Waals surface area contributed by atoms with Gasteiger partial charge in [0.15, 0.2) is 0 Å². The van der Waals surface area contributed by atoms with E-state index in [0.717, 1.165) is 24.8 Å². The van der Waals surface area contributed by atoms with Crippen molar-refractivity contribution in [2.75, 3.05) is 0 Å². The third-order valence-corrected chi connectivity index (χ3v) is 4.17. The van der Waals surface area contributed by atoms with E-state index in [2.05, 4.69) is 41.9 Å². The fourth-order valence-corrected chi connectivity index (χ4v) is 2.90. The molecule has 2 nitrogen and oxygen atoms in total. The molecule has 1 aromatic carbocycles. The van der Waals surface area contributed by atoms with Gasteiger partial charge in [-0.05, 0) is 43.2 Å². The summed E-state index contributed by atoms with van der Waals surface area (Å²) in [7, 11) is 0. The molecule has 0 saturated carbocycles. The molecule has 0 aliphatic rings. The lowest BCUT2D eigenvalue weighted by molar-refractivity contribution is -0.121. The second-order valence-electron chi connectivity index (χ2n) is 5.05. The van der Waals surface area contributed by atoms with Crippen molar-refractivity contribution in [1.29, 1.82) is 0 Å². The number of benzene rings is 1. The molecule has 1 amide bonds. The summed E-state index contributed by atoms with van der Waals surface area (Å²) >= 11 is 1.79. The Balaban J connectivity index is 1.61. The van der Waals surface area contributed by atoms with E-state index in [0.29, 0.717) is 13.0 Å². The number of hydrogen-bond acceptors (Lipinski definition) is 2. The molecule has 0 atom stereocenters. The molecule has 0 radical (unpaired) electrons. The average molecular weight is 287 g/mol. The van der Waals surface area contributed by atoms with Gasteiger partial charge in [-0.1, -0.05) is 35.9 Å². The van der Waals surface area contributed by atoms with E-state index in [-0.39, 0.29) is 5.91 Å². The van der Waals surface area contributed by atoms with E-state index in [9.17, 15) is 4.79 Å². The first kappa shape index (κ1) is 14.8. The van der Waals surface area contributed by atoms with Gasteiger partial charge in [0.25, 0.3) is 0 Å². The summed E-state index contributed by atoms with van der Waals surface area (Å²) in [6, 6.07) is 12.5. The minimum atomic E-state index is 0.151. The highest BCUT2D eigenvalue weighted by Gasteiger charge is 2.02. The Morgan fingerprint density at radius 2 is 2.10 bits per heavy atom. The van der Waals surface area contributed by atoms with E-state index in [1.165, 1.54) is 10.4 Å². The summed E-state index contributed by atoms with van der Waals surface area (Å²) in [5, 5.41) is 5.08. The topological polar surface area (TPSA) is 29.1 Å². The maximum Gasteiger partial charge on any atom is 0.220 e. The molecule has 2 aromatic rings. The normalized spacial score (nSPS) is 10.4. The molecule has 0 spiro atoms. The number of carbonyl (C=O) groups is 1. The largest absolute Gasteiger partial charge is 0.352 e. The van der Waals surface area contributed by atoms with Gasteiger partial charge in [-0.3, -0.25) is 4.79 Å². The van der Waals surface area contributed by atoms with E-state index in [1.54, 1.807) is 11.3 Å². The smallest absolute Gasteiger partial charge is 0.220 e. The molecule has 0 bridgehead atoms. The number of rotatable bonds is 7. The summed E-state index contributed by atoms with van der Waals surface area (Å²) in [5.74, 6) is 0.151. The van der Waals surface area contributed by atoms with Crippen LogP contribution >= 0.6 is 11.3 Å². The van der Waals surface area contributed by atoms with Crippen LogP contribution in [0, 0.1) is 6.92 Å². The highest BCUT2D eigenvalue weighted by molar-refractivity contribution is 7.09. The van der Waals surface area contributed by atoms with Crippen LogP contribution < -0.4 is 5.32 Å². The predicted molar refractivity (Wildman–Crippen MR) is 84.9 cm³/mol. The van der Waals surface area contributed by atoms with Gasteiger partial charge in [-0.15, -0.1) is 11.3 Å². The first-order valence-corrected chi connectivity index (χ1v) is 7.96. The Kier molecular flexibility index (Phi) is 5.81. The van der Waals surface area contributed by atoms with Crippen molar-refractivity contribution >= 4 is 17.2 Å². The molecule has 1 aromatic heterocycles. The molecule has 0 fully saturated rings. The molecule has 0 unspecified atom stereocenters. The van der Waals surface area contributed by atoms with E-state index >= 15 is 0 Å². The van der Waals surface area contributed by atoms with E-state index in [4.69, 9.17) is 0 Å². The minimum absolute atomic E-state index is 0.151. The van der Waals surface area contributed by atoms with E-state index < -0.39 is 0 Å². The molecule has 20 heavy (non-hydrogen) atoms. The summed E-state index contributed by atoms with van der Waals surface area (Å²) in [6.45, 7) is 2.70. The van der Waals surface area contributed by atoms with Gasteiger partial charge < -0.3 is 5.32 Å². The van der Waals surface area contributed by atoms with Crippen LogP contribution in [0.4, 0.5) is 0 Å². The zero-order valence-electron chi connectivity index (χ0n) is 11.9. The Hall–Kier alpha value is -1.61. The summed E-state index contributed by atoms with van der Waals surface area (Å²) < 4.78 is 0. The number of carbonyl (C=O) groups excluding carboxylic acids is 1. The second-order valence-corrected chi connectivity index (χ2v) is 6.08. The van der Waals surface area contributed by atoms with Crippen LogP contribution in [0.15, 0.2) is 41.8 Å². The van der Waals surface area contributed by atoms with Crippen LogP contribution in [-0.2, 0) is 17.8 Å². The molecule has 1 N–H and O–H groups in total. The van der Waals surface area contributed by atoms with Gasteiger partial charge >= 0.3 is 0 Å². The van der Waals surface area contributed by atoms with Crippen LogP contribution in [0.25, 0.3) is 0 Å². The first-order chi connectivity index (χ1) is 9.74. The zero-order chi connectivity index (χ0) is 14.2. The molecule has 2 rings (SSSR count). The maximum absolute atomic E-state index is 11.8. The molecule has 106 valence electrons. The SMILES string of the molecule is Cc1cccc(CNC(=O)CCCCc2cccs2)c1. The first-order valence-electron chi connectivity index (χ1n) is 7.08. The van der Waals surface area contributed by atoms with Crippen LogP contribution in [0.2, 0.25) is 0 Å². The minimum Gasteiger partial charge on any atom is -0.352 e. The Labute approximate surface area is 124 Å². The lowest BCUT2D eigenvalue weighted by Crippen LogP contribution is -2.22. The Morgan fingerprint density at radius 3 is 2.85 bits per heavy atom. The van der Waals surface area contributed by atoms with Crippen molar-refractivity contribution in [3.8, 4) is 0 Å². The number of hydrogen-bond donors (Lipinski definition) is 1. The van der Waals surface area contributed by atoms with Gasteiger partial charge in [-0.25, -0.2) is 0 Å². The quantitative estimate of drug-likeness (QED) is 0.764. The number of aryl methyl sites for hydroxylation is 2. The summed E-state index contributed by atoms with van der Waals surface area (Å²) in [4.78, 5) is 13.2. The Morgan fingerprint density at radius 1 is 1.20 bits per heavy atom. The molecule has 1 heterocycles.